The molecule has 1 aromatic heterocycles. The maximum Gasteiger partial charge on any atom is 0.408 e. The van der Waals surface area contributed by atoms with Gasteiger partial charge in [0, 0.05) is 32.1 Å². The molecule has 0 saturated heterocycles. The molecule has 0 aromatic carbocycles. The predicted octanol–water partition coefficient (Wildman–Crippen LogP) is 1.01. The molecule has 2 heterocycles. The Kier molecular flexibility index (Phi) is 5.89. The van der Waals surface area contributed by atoms with E-state index in [0.29, 0.717) is 24.2 Å². The van der Waals surface area contributed by atoms with Crippen LogP contribution in [0.5, 0.6) is 0 Å². The van der Waals surface area contributed by atoms with Gasteiger partial charge in [-0.3, -0.25) is 9.48 Å². The molecule has 144 valence electrons. The Morgan fingerprint density at radius 1 is 1.27 bits per heavy atom. The first-order valence-corrected chi connectivity index (χ1v) is 8.59. The molecule has 2 amide bonds. The molecular weight excluding hydrogens is 340 g/mol. The van der Waals surface area contributed by atoms with Gasteiger partial charge in [-0.1, -0.05) is 0 Å². The number of nitrogens with one attached hydrogen (secondary N) is 1. The average molecular weight is 366 g/mol. The third kappa shape index (κ3) is 4.74. The number of hydrogen-bond donors (Lipinski definition) is 1. The second-order valence-electron chi connectivity index (χ2n) is 7.04. The van der Waals surface area contributed by atoms with Gasteiger partial charge in [0.25, 0.3) is 0 Å². The summed E-state index contributed by atoms with van der Waals surface area (Å²) in [4.78, 5) is 37.8. The first-order valence-electron chi connectivity index (χ1n) is 8.59. The number of ether oxygens (including phenoxy) is 2. The SMILES string of the molecule is CCOC(=O)c1c2c(nn1C)CCN(C(=O)CNC(=O)OC(C)(C)C)C2. The van der Waals surface area contributed by atoms with Crippen molar-refractivity contribution in [2.45, 2.75) is 46.3 Å². The first kappa shape index (κ1) is 19.7. The zero-order valence-electron chi connectivity index (χ0n) is 15.9. The number of carbonyl (C=O) groups excluding carboxylic acids is 3. The summed E-state index contributed by atoms with van der Waals surface area (Å²) in [6.07, 6.45) is -0.0991. The molecule has 1 aliphatic rings. The smallest absolute Gasteiger partial charge is 0.408 e. The number of hydrogen-bond acceptors (Lipinski definition) is 6. The van der Waals surface area contributed by atoms with Crippen LogP contribution in [0.15, 0.2) is 0 Å². The molecule has 0 spiro atoms. The highest BCUT2D eigenvalue weighted by atomic mass is 16.6. The average Bonchev–Trinajstić information content (AvgIpc) is 2.86. The zero-order valence-corrected chi connectivity index (χ0v) is 15.9. The minimum Gasteiger partial charge on any atom is -0.461 e. The lowest BCUT2D eigenvalue weighted by Gasteiger charge is -2.27. The van der Waals surface area contributed by atoms with Crippen LogP contribution in [-0.2, 0) is 34.3 Å². The third-order valence-electron chi connectivity index (χ3n) is 3.80. The van der Waals surface area contributed by atoms with E-state index in [1.165, 1.54) is 4.68 Å². The van der Waals surface area contributed by atoms with Gasteiger partial charge in [0.05, 0.1) is 12.3 Å². The zero-order chi connectivity index (χ0) is 19.5. The molecule has 0 fully saturated rings. The van der Waals surface area contributed by atoms with Crippen molar-refractivity contribution in [3.05, 3.63) is 17.0 Å². The number of aryl methyl sites for hydroxylation is 1. The molecule has 0 atom stereocenters. The van der Waals surface area contributed by atoms with E-state index in [0.717, 1.165) is 5.69 Å². The van der Waals surface area contributed by atoms with E-state index in [9.17, 15) is 14.4 Å². The topological polar surface area (TPSA) is 103 Å². The standard InChI is InChI=1S/C17H26N4O5/c1-6-25-15(23)14-11-10-21(8-7-12(11)19-20(14)5)13(22)9-18-16(24)26-17(2,3)4/h6-10H2,1-5H3,(H,18,24). The van der Waals surface area contributed by atoms with Gasteiger partial charge in [-0.15, -0.1) is 0 Å². The van der Waals surface area contributed by atoms with E-state index in [1.54, 1.807) is 39.6 Å². The minimum atomic E-state index is -0.642. The van der Waals surface area contributed by atoms with E-state index in [4.69, 9.17) is 9.47 Å². The Morgan fingerprint density at radius 3 is 2.58 bits per heavy atom. The fourth-order valence-corrected chi connectivity index (χ4v) is 2.74. The van der Waals surface area contributed by atoms with Crippen LogP contribution in [0.3, 0.4) is 0 Å². The Hall–Kier alpha value is -2.58. The summed E-state index contributed by atoms with van der Waals surface area (Å²) >= 11 is 0. The first-order chi connectivity index (χ1) is 12.1. The molecule has 0 bridgehead atoms. The number of carbonyl (C=O) groups is 3. The van der Waals surface area contributed by atoms with Crippen LogP contribution in [0.4, 0.5) is 4.79 Å². The summed E-state index contributed by atoms with van der Waals surface area (Å²) in [7, 11) is 1.68. The Labute approximate surface area is 152 Å². The minimum absolute atomic E-state index is 0.167. The van der Waals surface area contributed by atoms with Crippen molar-refractivity contribution in [1.82, 2.24) is 20.0 Å². The van der Waals surface area contributed by atoms with Gasteiger partial charge in [0.2, 0.25) is 5.91 Å². The molecule has 0 unspecified atom stereocenters. The second kappa shape index (κ2) is 7.76. The van der Waals surface area contributed by atoms with E-state index in [-0.39, 0.29) is 25.6 Å². The lowest BCUT2D eigenvalue weighted by molar-refractivity contribution is -0.131. The molecule has 1 aromatic rings. The molecular formula is C17H26N4O5. The van der Waals surface area contributed by atoms with Gasteiger partial charge in [-0.05, 0) is 27.7 Å². The van der Waals surface area contributed by atoms with Gasteiger partial charge in [-0.2, -0.15) is 5.10 Å². The van der Waals surface area contributed by atoms with Crippen molar-refractivity contribution in [3.63, 3.8) is 0 Å². The normalized spacial score (nSPS) is 13.8. The quantitative estimate of drug-likeness (QED) is 0.798. The van der Waals surface area contributed by atoms with Crippen LogP contribution in [0, 0.1) is 0 Å². The third-order valence-corrected chi connectivity index (χ3v) is 3.80. The Morgan fingerprint density at radius 2 is 1.96 bits per heavy atom. The summed E-state index contributed by atoms with van der Waals surface area (Å²) in [5, 5.41) is 6.81. The number of nitrogens with zero attached hydrogens (tertiary/aromatic N) is 3. The number of rotatable bonds is 4. The Balaban J connectivity index is 2.02. The van der Waals surface area contributed by atoms with Crippen LogP contribution in [0.25, 0.3) is 0 Å². The lowest BCUT2D eigenvalue weighted by atomic mass is 10.1. The van der Waals surface area contributed by atoms with Crippen molar-refractivity contribution < 1.29 is 23.9 Å². The summed E-state index contributed by atoms with van der Waals surface area (Å²) in [5.74, 6) is -0.704. The highest BCUT2D eigenvalue weighted by Gasteiger charge is 2.30. The molecule has 1 aliphatic heterocycles. The fourth-order valence-electron chi connectivity index (χ4n) is 2.74. The summed E-state index contributed by atoms with van der Waals surface area (Å²) in [5.41, 5.74) is 1.22. The second-order valence-corrected chi connectivity index (χ2v) is 7.04. The van der Waals surface area contributed by atoms with Gasteiger partial charge in [0.15, 0.2) is 5.69 Å². The molecule has 26 heavy (non-hydrogen) atoms. The largest absolute Gasteiger partial charge is 0.461 e. The van der Waals surface area contributed by atoms with Gasteiger partial charge in [-0.25, -0.2) is 9.59 Å². The maximum atomic E-state index is 12.4. The van der Waals surface area contributed by atoms with Gasteiger partial charge < -0.3 is 19.7 Å². The van der Waals surface area contributed by atoms with Crippen molar-refractivity contribution in [2.24, 2.45) is 7.05 Å². The van der Waals surface area contributed by atoms with Crippen LogP contribution >= 0.6 is 0 Å². The van der Waals surface area contributed by atoms with Crippen molar-refractivity contribution >= 4 is 18.0 Å². The predicted molar refractivity (Wildman–Crippen MR) is 92.5 cm³/mol. The molecule has 0 saturated carbocycles. The van der Waals surface area contributed by atoms with E-state index < -0.39 is 17.7 Å². The Bertz CT molecular complexity index is 705. The van der Waals surface area contributed by atoms with E-state index in [2.05, 4.69) is 10.4 Å². The van der Waals surface area contributed by atoms with Crippen LogP contribution < -0.4 is 5.32 Å². The number of esters is 1. The summed E-state index contributed by atoms with van der Waals surface area (Å²) < 4.78 is 11.7. The molecule has 2 rings (SSSR count). The van der Waals surface area contributed by atoms with Crippen LogP contribution in [0.2, 0.25) is 0 Å². The maximum absolute atomic E-state index is 12.4. The summed E-state index contributed by atoms with van der Waals surface area (Å²) in [6, 6.07) is 0. The van der Waals surface area contributed by atoms with Crippen molar-refractivity contribution in [2.75, 3.05) is 19.7 Å². The van der Waals surface area contributed by atoms with E-state index >= 15 is 0 Å². The molecule has 0 aliphatic carbocycles. The van der Waals surface area contributed by atoms with E-state index in [1.807, 2.05) is 0 Å². The monoisotopic (exact) mass is 366 g/mol. The van der Waals surface area contributed by atoms with Crippen LogP contribution in [-0.4, -0.2) is 57.9 Å². The van der Waals surface area contributed by atoms with Crippen LogP contribution in [0.1, 0.15) is 49.4 Å². The van der Waals surface area contributed by atoms with Gasteiger partial charge >= 0.3 is 12.1 Å². The van der Waals surface area contributed by atoms with Crippen molar-refractivity contribution in [1.29, 1.82) is 0 Å². The molecule has 9 nitrogen and oxygen atoms in total. The highest BCUT2D eigenvalue weighted by molar-refractivity contribution is 5.90. The van der Waals surface area contributed by atoms with Crippen molar-refractivity contribution in [3.8, 4) is 0 Å². The number of alkyl carbamates (subject to hydrolysis) is 1. The highest BCUT2D eigenvalue weighted by Crippen LogP contribution is 2.22. The number of amides is 2. The molecule has 9 heteroatoms. The fraction of sp³-hybridized carbons (Fsp3) is 0.647. The summed E-state index contributed by atoms with van der Waals surface area (Å²) in [6.45, 7) is 7.81. The van der Waals surface area contributed by atoms with Gasteiger partial charge in [0.1, 0.15) is 12.1 Å². The number of fused-ring (bicyclic) bond motifs is 1. The molecule has 0 radical (unpaired) electrons. The molecule has 1 N–H and O–H groups in total. The lowest BCUT2D eigenvalue weighted by Crippen LogP contribution is -2.43. The number of aromatic nitrogens is 2.